The highest BCUT2D eigenvalue weighted by Crippen LogP contribution is 2.40. The van der Waals surface area contributed by atoms with Crippen LogP contribution in [-0.4, -0.2) is 20.0 Å². The van der Waals surface area contributed by atoms with E-state index in [0.717, 1.165) is 6.07 Å². The highest BCUT2D eigenvalue weighted by Gasteiger charge is 2.47. The zero-order valence-electron chi connectivity index (χ0n) is 16.7. The molecule has 28 heavy (non-hydrogen) atoms. The summed E-state index contributed by atoms with van der Waals surface area (Å²) >= 11 is 1.15. The fraction of sp³-hybridized carbons (Fsp3) is 0.579. The zero-order valence-corrected chi connectivity index (χ0v) is 19.1. The van der Waals surface area contributed by atoms with Gasteiger partial charge in [0.1, 0.15) is 10.6 Å². The summed E-state index contributed by atoms with van der Waals surface area (Å²) in [6.45, 7) is 11.1. The third-order valence-corrected chi connectivity index (χ3v) is 6.19. The summed E-state index contributed by atoms with van der Waals surface area (Å²) in [5, 5.41) is 0.144. The van der Waals surface area contributed by atoms with Crippen molar-refractivity contribution < 1.29 is 22.1 Å². The van der Waals surface area contributed by atoms with Crippen LogP contribution in [-0.2, 0) is 17.9 Å². The van der Waals surface area contributed by atoms with E-state index < -0.39 is 34.1 Å². The van der Waals surface area contributed by atoms with Gasteiger partial charge < -0.3 is 9.12 Å². The maximum atomic E-state index is 14.2. The zero-order chi connectivity index (χ0) is 21.7. The molecule has 2 atom stereocenters. The SMILES string of the molecule is CC(C)(C)Cn1cc(C(N[S+]([O-])C(C)(C)C)C(F)(F)F)c2cc(F)c(Br)cc21. The van der Waals surface area contributed by atoms with Crippen molar-refractivity contribution in [3.63, 3.8) is 0 Å². The molecule has 1 aromatic carbocycles. The standard InChI is InChI=1S/C19H25BrF4N2OS/c1-17(2,3)10-26-9-12(11-7-14(21)13(20)8-15(11)26)16(19(22,23)24)25-28(27)18(4,5)6/h7-9,16,25H,10H2,1-6H3. The molecule has 0 aliphatic heterocycles. The molecule has 0 bridgehead atoms. The van der Waals surface area contributed by atoms with E-state index in [1.54, 1.807) is 25.3 Å². The van der Waals surface area contributed by atoms with Crippen LogP contribution in [0.5, 0.6) is 0 Å². The van der Waals surface area contributed by atoms with Crippen LogP contribution in [0.25, 0.3) is 10.9 Å². The first kappa shape index (κ1) is 23.5. The lowest BCUT2D eigenvalue weighted by atomic mass is 9.97. The van der Waals surface area contributed by atoms with Crippen LogP contribution >= 0.6 is 15.9 Å². The van der Waals surface area contributed by atoms with Crippen molar-refractivity contribution >= 4 is 38.2 Å². The Morgan fingerprint density at radius 2 is 1.71 bits per heavy atom. The number of nitrogens with one attached hydrogen (secondary N) is 1. The Labute approximate surface area is 174 Å². The van der Waals surface area contributed by atoms with Gasteiger partial charge in [-0.1, -0.05) is 20.8 Å². The van der Waals surface area contributed by atoms with Crippen LogP contribution in [0, 0.1) is 11.2 Å². The summed E-state index contributed by atoms with van der Waals surface area (Å²) in [6.07, 6.45) is -3.32. The van der Waals surface area contributed by atoms with Gasteiger partial charge in [0.2, 0.25) is 0 Å². The number of alkyl halides is 3. The monoisotopic (exact) mass is 484 g/mol. The first-order chi connectivity index (χ1) is 12.5. The molecule has 2 rings (SSSR count). The molecule has 1 N–H and O–H groups in total. The molecule has 0 saturated heterocycles. The normalized spacial score (nSPS) is 15.9. The van der Waals surface area contributed by atoms with Crippen LogP contribution in [0.3, 0.4) is 0 Å². The molecule has 0 aliphatic rings. The first-order valence-corrected chi connectivity index (χ1v) is 10.7. The molecule has 1 heterocycles. The fourth-order valence-electron chi connectivity index (χ4n) is 2.77. The van der Waals surface area contributed by atoms with Gasteiger partial charge in [-0.2, -0.15) is 13.2 Å². The Kier molecular flexibility index (Phi) is 6.56. The maximum Gasteiger partial charge on any atom is 0.412 e. The van der Waals surface area contributed by atoms with Gasteiger partial charge >= 0.3 is 6.18 Å². The third kappa shape index (κ3) is 5.43. The molecular weight excluding hydrogens is 460 g/mol. The van der Waals surface area contributed by atoms with Crippen molar-refractivity contribution in [1.82, 2.24) is 9.29 Å². The fourth-order valence-corrected chi connectivity index (χ4v) is 3.93. The average molecular weight is 485 g/mol. The van der Waals surface area contributed by atoms with Gasteiger partial charge in [0.25, 0.3) is 0 Å². The molecule has 9 heteroatoms. The van der Waals surface area contributed by atoms with Gasteiger partial charge in [-0.15, -0.1) is 4.72 Å². The Balaban J connectivity index is 2.69. The minimum Gasteiger partial charge on any atom is -0.598 e. The van der Waals surface area contributed by atoms with Crippen molar-refractivity contribution in [1.29, 1.82) is 0 Å². The second-order valence-electron chi connectivity index (χ2n) is 9.03. The molecule has 2 aromatic rings. The summed E-state index contributed by atoms with van der Waals surface area (Å²) in [5.41, 5.74) is 0.131. The van der Waals surface area contributed by atoms with Crippen LogP contribution in [0.15, 0.2) is 22.8 Å². The average Bonchev–Trinajstić information content (AvgIpc) is 2.78. The van der Waals surface area contributed by atoms with E-state index >= 15 is 0 Å². The van der Waals surface area contributed by atoms with E-state index in [1.165, 1.54) is 12.3 Å². The lowest BCUT2D eigenvalue weighted by molar-refractivity contribution is -0.152. The lowest BCUT2D eigenvalue weighted by Crippen LogP contribution is -2.45. The van der Waals surface area contributed by atoms with Crippen molar-refractivity contribution in [3.8, 4) is 0 Å². The maximum absolute atomic E-state index is 14.2. The van der Waals surface area contributed by atoms with Crippen LogP contribution in [0.1, 0.15) is 53.1 Å². The van der Waals surface area contributed by atoms with E-state index in [1.807, 2.05) is 20.8 Å². The van der Waals surface area contributed by atoms with E-state index in [2.05, 4.69) is 20.7 Å². The van der Waals surface area contributed by atoms with Crippen molar-refractivity contribution in [3.05, 3.63) is 34.2 Å². The molecule has 0 radical (unpaired) electrons. The lowest BCUT2D eigenvalue weighted by Gasteiger charge is -2.29. The first-order valence-electron chi connectivity index (χ1n) is 8.73. The second-order valence-corrected chi connectivity index (χ2v) is 11.9. The molecule has 0 saturated carbocycles. The number of hydrogen-bond acceptors (Lipinski definition) is 2. The summed E-state index contributed by atoms with van der Waals surface area (Å²) in [7, 11) is 0. The minimum absolute atomic E-state index is 0.143. The minimum atomic E-state index is -4.70. The van der Waals surface area contributed by atoms with Gasteiger partial charge in [-0.3, -0.25) is 0 Å². The molecule has 0 fully saturated rings. The topological polar surface area (TPSA) is 40.0 Å². The van der Waals surface area contributed by atoms with Crippen LogP contribution < -0.4 is 4.72 Å². The molecule has 158 valence electrons. The predicted molar refractivity (Wildman–Crippen MR) is 109 cm³/mol. The highest BCUT2D eigenvalue weighted by atomic mass is 79.9. The molecule has 0 spiro atoms. The number of fused-ring (bicyclic) bond motifs is 1. The summed E-state index contributed by atoms with van der Waals surface area (Å²) < 4.78 is 71.5. The van der Waals surface area contributed by atoms with E-state index in [0.29, 0.717) is 12.1 Å². The molecule has 3 nitrogen and oxygen atoms in total. The molecule has 0 aliphatic carbocycles. The number of nitrogens with zero attached hydrogens (tertiary/aromatic N) is 1. The molecule has 1 aromatic heterocycles. The largest absolute Gasteiger partial charge is 0.598 e. The van der Waals surface area contributed by atoms with Gasteiger partial charge in [-0.25, -0.2) is 4.39 Å². The number of aromatic nitrogens is 1. The second kappa shape index (κ2) is 7.81. The Bertz CT molecular complexity index is 853. The van der Waals surface area contributed by atoms with Crippen molar-refractivity contribution in [2.75, 3.05) is 0 Å². The Morgan fingerprint density at radius 1 is 1.14 bits per heavy atom. The Morgan fingerprint density at radius 3 is 2.18 bits per heavy atom. The summed E-state index contributed by atoms with van der Waals surface area (Å²) in [5.74, 6) is -0.653. The smallest absolute Gasteiger partial charge is 0.412 e. The third-order valence-electron chi connectivity index (χ3n) is 4.02. The highest BCUT2D eigenvalue weighted by molar-refractivity contribution is 9.10. The number of rotatable bonds is 4. The van der Waals surface area contributed by atoms with Gasteiger partial charge in [0.05, 0.1) is 4.47 Å². The molecule has 2 unspecified atom stereocenters. The van der Waals surface area contributed by atoms with E-state index in [-0.39, 0.29) is 20.8 Å². The number of benzene rings is 1. The molecule has 0 amide bonds. The summed E-state index contributed by atoms with van der Waals surface area (Å²) in [4.78, 5) is 0. The van der Waals surface area contributed by atoms with E-state index in [4.69, 9.17) is 0 Å². The Hall–Kier alpha value is -0.770. The van der Waals surface area contributed by atoms with Crippen molar-refractivity contribution in [2.45, 2.75) is 65.1 Å². The van der Waals surface area contributed by atoms with Gasteiger partial charge in [0, 0.05) is 40.6 Å². The predicted octanol–water partition coefficient (Wildman–Crippen LogP) is 6.24. The number of hydrogen-bond donors (Lipinski definition) is 1. The quantitative estimate of drug-likeness (QED) is 0.411. The van der Waals surface area contributed by atoms with E-state index in [9.17, 15) is 22.1 Å². The van der Waals surface area contributed by atoms with Gasteiger partial charge in [-0.05, 0) is 54.2 Å². The molecular formula is C19H25BrF4N2OS. The van der Waals surface area contributed by atoms with Crippen LogP contribution in [0.2, 0.25) is 0 Å². The summed E-state index contributed by atoms with van der Waals surface area (Å²) in [6, 6.07) is 0.388. The number of halogens is 5. The van der Waals surface area contributed by atoms with Crippen LogP contribution in [0.4, 0.5) is 17.6 Å². The van der Waals surface area contributed by atoms with Crippen molar-refractivity contribution in [2.24, 2.45) is 5.41 Å². The van der Waals surface area contributed by atoms with Gasteiger partial charge in [0.15, 0.2) is 6.04 Å².